The van der Waals surface area contributed by atoms with E-state index in [9.17, 15) is 9.59 Å². The van der Waals surface area contributed by atoms with Crippen molar-refractivity contribution in [1.82, 2.24) is 10.6 Å². The van der Waals surface area contributed by atoms with Crippen molar-refractivity contribution in [3.8, 4) is 0 Å². The number of carboxylic acids is 1. The number of carboxylic acid groups (broad SMARTS) is 1. The van der Waals surface area contributed by atoms with Crippen LogP contribution in [0.25, 0.3) is 0 Å². The molecule has 0 aromatic rings. The number of hydrogen-bond donors (Lipinski definition) is 3. The second-order valence-electron chi connectivity index (χ2n) is 4.60. The minimum Gasteiger partial charge on any atom is -0.480 e. The first-order chi connectivity index (χ1) is 8.47. The molecule has 0 radical (unpaired) electrons. The molecule has 0 rings (SSSR count). The molecule has 106 valence electrons. The summed E-state index contributed by atoms with van der Waals surface area (Å²) in [4.78, 5) is 22.3. The van der Waals surface area contributed by atoms with Gasteiger partial charge in [-0.3, -0.25) is 14.9 Å². The molecule has 0 bridgehead atoms. The van der Waals surface area contributed by atoms with Gasteiger partial charge < -0.3 is 15.2 Å². The van der Waals surface area contributed by atoms with E-state index < -0.39 is 12.0 Å². The standard InChI is InChI=1S/C12H24N2O4/c1-9(2)7-10(12(16)17)14-8-11(15)13-5-4-6-18-3/h9-10,14H,4-8H2,1-3H3,(H,13,15)(H,16,17). The van der Waals surface area contributed by atoms with E-state index >= 15 is 0 Å². The quantitative estimate of drug-likeness (QED) is 0.489. The normalized spacial score (nSPS) is 12.4. The lowest BCUT2D eigenvalue weighted by Crippen LogP contribution is -2.44. The fourth-order valence-electron chi connectivity index (χ4n) is 1.47. The number of ether oxygens (including phenoxy) is 1. The summed E-state index contributed by atoms with van der Waals surface area (Å²) in [6, 6.07) is -0.672. The lowest BCUT2D eigenvalue weighted by atomic mass is 10.0. The van der Waals surface area contributed by atoms with Gasteiger partial charge in [0.15, 0.2) is 0 Å². The summed E-state index contributed by atoms with van der Waals surface area (Å²) in [6.07, 6.45) is 1.25. The van der Waals surface area contributed by atoms with Crippen molar-refractivity contribution in [1.29, 1.82) is 0 Å². The van der Waals surface area contributed by atoms with E-state index in [1.807, 2.05) is 13.8 Å². The maximum absolute atomic E-state index is 11.4. The van der Waals surface area contributed by atoms with Crippen molar-refractivity contribution >= 4 is 11.9 Å². The third kappa shape index (κ3) is 8.95. The van der Waals surface area contributed by atoms with Crippen LogP contribution in [0, 0.1) is 5.92 Å². The molecule has 0 aliphatic heterocycles. The van der Waals surface area contributed by atoms with Gasteiger partial charge in [0.25, 0.3) is 0 Å². The van der Waals surface area contributed by atoms with Gasteiger partial charge in [-0.15, -0.1) is 0 Å². The largest absolute Gasteiger partial charge is 0.480 e. The summed E-state index contributed by atoms with van der Waals surface area (Å²) in [5, 5.41) is 14.4. The zero-order valence-electron chi connectivity index (χ0n) is 11.4. The van der Waals surface area contributed by atoms with Crippen LogP contribution in [0.4, 0.5) is 0 Å². The summed E-state index contributed by atoms with van der Waals surface area (Å²) >= 11 is 0. The van der Waals surface area contributed by atoms with Gasteiger partial charge >= 0.3 is 5.97 Å². The molecule has 6 heteroatoms. The van der Waals surface area contributed by atoms with Crippen LogP contribution in [-0.4, -0.2) is 49.8 Å². The van der Waals surface area contributed by atoms with Crippen LogP contribution in [0.2, 0.25) is 0 Å². The van der Waals surface area contributed by atoms with Crippen LogP contribution in [0.1, 0.15) is 26.7 Å². The Morgan fingerprint density at radius 2 is 2.00 bits per heavy atom. The van der Waals surface area contributed by atoms with Gasteiger partial charge in [0.1, 0.15) is 6.04 Å². The Hall–Kier alpha value is -1.14. The van der Waals surface area contributed by atoms with Crippen molar-refractivity contribution in [2.45, 2.75) is 32.7 Å². The van der Waals surface area contributed by atoms with Gasteiger partial charge in [-0.25, -0.2) is 0 Å². The minimum absolute atomic E-state index is 0.0245. The molecule has 0 spiro atoms. The number of carbonyl (C=O) groups excluding carboxylic acids is 1. The molecule has 1 amide bonds. The Labute approximate surface area is 108 Å². The predicted octanol–water partition coefficient (Wildman–Crippen LogP) is 0.228. The summed E-state index contributed by atoms with van der Waals surface area (Å²) in [5.74, 6) is -0.847. The fraction of sp³-hybridized carbons (Fsp3) is 0.833. The topological polar surface area (TPSA) is 87.7 Å². The molecule has 3 N–H and O–H groups in total. The van der Waals surface area contributed by atoms with E-state index in [2.05, 4.69) is 10.6 Å². The Morgan fingerprint density at radius 1 is 1.33 bits per heavy atom. The SMILES string of the molecule is COCCCNC(=O)CNC(CC(C)C)C(=O)O. The lowest BCUT2D eigenvalue weighted by Gasteiger charge is -2.16. The number of hydrogen-bond acceptors (Lipinski definition) is 4. The molecule has 18 heavy (non-hydrogen) atoms. The Bertz CT molecular complexity index is 256. The van der Waals surface area contributed by atoms with E-state index in [1.165, 1.54) is 0 Å². The highest BCUT2D eigenvalue weighted by molar-refractivity contribution is 5.79. The highest BCUT2D eigenvalue weighted by Gasteiger charge is 2.18. The van der Waals surface area contributed by atoms with Crippen molar-refractivity contribution < 1.29 is 19.4 Å². The molecule has 0 aliphatic carbocycles. The average Bonchev–Trinajstić information content (AvgIpc) is 2.29. The fourth-order valence-corrected chi connectivity index (χ4v) is 1.47. The van der Waals surface area contributed by atoms with Gasteiger partial charge in [0, 0.05) is 20.3 Å². The molecule has 0 saturated carbocycles. The van der Waals surface area contributed by atoms with Gasteiger partial charge in [-0.2, -0.15) is 0 Å². The Kier molecular flexibility index (Phi) is 9.22. The number of methoxy groups -OCH3 is 1. The predicted molar refractivity (Wildman–Crippen MR) is 68.4 cm³/mol. The molecule has 0 fully saturated rings. The molecule has 0 aromatic heterocycles. The number of carbonyl (C=O) groups is 2. The van der Waals surface area contributed by atoms with Crippen molar-refractivity contribution in [2.24, 2.45) is 5.92 Å². The van der Waals surface area contributed by atoms with Gasteiger partial charge in [-0.1, -0.05) is 13.8 Å². The third-order valence-corrected chi connectivity index (χ3v) is 2.36. The van der Waals surface area contributed by atoms with Gasteiger partial charge in [-0.05, 0) is 18.8 Å². The Balaban J connectivity index is 3.82. The van der Waals surface area contributed by atoms with Crippen LogP contribution in [0.3, 0.4) is 0 Å². The van der Waals surface area contributed by atoms with Crippen LogP contribution in [-0.2, 0) is 14.3 Å². The average molecular weight is 260 g/mol. The highest BCUT2D eigenvalue weighted by Crippen LogP contribution is 2.04. The molecule has 0 saturated heterocycles. The molecule has 0 aromatic carbocycles. The van der Waals surface area contributed by atoms with Crippen LogP contribution in [0.5, 0.6) is 0 Å². The monoisotopic (exact) mass is 260 g/mol. The van der Waals surface area contributed by atoms with Gasteiger partial charge in [0.05, 0.1) is 6.54 Å². The van der Waals surface area contributed by atoms with Crippen molar-refractivity contribution in [3.05, 3.63) is 0 Å². The van der Waals surface area contributed by atoms with E-state index in [4.69, 9.17) is 9.84 Å². The van der Waals surface area contributed by atoms with Crippen molar-refractivity contribution in [3.63, 3.8) is 0 Å². The molecule has 0 heterocycles. The molecular formula is C12H24N2O4. The maximum atomic E-state index is 11.4. The lowest BCUT2D eigenvalue weighted by molar-refractivity contribution is -0.140. The maximum Gasteiger partial charge on any atom is 0.320 e. The summed E-state index contributed by atoms with van der Waals surface area (Å²) in [5.41, 5.74) is 0. The number of aliphatic carboxylic acids is 1. The van der Waals surface area contributed by atoms with E-state index in [-0.39, 0.29) is 18.4 Å². The zero-order valence-corrected chi connectivity index (χ0v) is 11.4. The molecule has 0 aliphatic rings. The number of nitrogens with one attached hydrogen (secondary N) is 2. The molecule has 6 nitrogen and oxygen atoms in total. The first kappa shape index (κ1) is 16.9. The molecule has 1 atom stereocenters. The first-order valence-corrected chi connectivity index (χ1v) is 6.19. The minimum atomic E-state index is -0.920. The second-order valence-corrected chi connectivity index (χ2v) is 4.60. The van der Waals surface area contributed by atoms with Crippen LogP contribution in [0.15, 0.2) is 0 Å². The number of rotatable bonds is 10. The second kappa shape index (κ2) is 9.85. The highest BCUT2D eigenvalue weighted by atomic mass is 16.5. The first-order valence-electron chi connectivity index (χ1n) is 6.19. The van der Waals surface area contributed by atoms with Crippen LogP contribution < -0.4 is 10.6 Å². The van der Waals surface area contributed by atoms with E-state index in [0.717, 1.165) is 6.42 Å². The van der Waals surface area contributed by atoms with E-state index in [0.29, 0.717) is 19.6 Å². The summed E-state index contributed by atoms with van der Waals surface area (Å²) < 4.78 is 4.85. The summed E-state index contributed by atoms with van der Waals surface area (Å²) in [7, 11) is 1.60. The molecule has 1 unspecified atom stereocenters. The molecular weight excluding hydrogens is 236 g/mol. The van der Waals surface area contributed by atoms with Crippen LogP contribution >= 0.6 is 0 Å². The Morgan fingerprint density at radius 3 is 2.50 bits per heavy atom. The smallest absolute Gasteiger partial charge is 0.320 e. The number of amides is 1. The third-order valence-electron chi connectivity index (χ3n) is 2.36. The van der Waals surface area contributed by atoms with E-state index in [1.54, 1.807) is 7.11 Å². The van der Waals surface area contributed by atoms with Crippen molar-refractivity contribution in [2.75, 3.05) is 26.8 Å². The summed E-state index contributed by atoms with van der Waals surface area (Å²) in [6.45, 7) is 5.05. The van der Waals surface area contributed by atoms with Gasteiger partial charge in [0.2, 0.25) is 5.91 Å². The zero-order chi connectivity index (χ0) is 14.0.